The van der Waals surface area contributed by atoms with Crippen molar-refractivity contribution in [2.45, 2.75) is 24.5 Å². The minimum atomic E-state index is -5.04. The van der Waals surface area contributed by atoms with Gasteiger partial charge >= 0.3 is 6.18 Å². The molecule has 0 N–H and O–H groups in total. The van der Waals surface area contributed by atoms with Crippen LogP contribution in [0.15, 0.2) is 64.3 Å². The summed E-state index contributed by atoms with van der Waals surface area (Å²) in [6.45, 7) is 1.33. The summed E-state index contributed by atoms with van der Waals surface area (Å²) >= 11 is 0.951. The summed E-state index contributed by atoms with van der Waals surface area (Å²) in [6, 6.07) is 11.9. The number of halogens is 5. The molecule has 208 valence electrons. The van der Waals surface area contributed by atoms with E-state index in [-0.39, 0.29) is 33.4 Å². The van der Waals surface area contributed by atoms with Crippen LogP contribution in [0.2, 0.25) is 0 Å². The van der Waals surface area contributed by atoms with Crippen LogP contribution in [0.3, 0.4) is 0 Å². The van der Waals surface area contributed by atoms with Crippen molar-refractivity contribution >= 4 is 21.2 Å². The van der Waals surface area contributed by atoms with E-state index in [0.29, 0.717) is 22.6 Å². The third-order valence-electron chi connectivity index (χ3n) is 5.85. The lowest BCUT2D eigenvalue weighted by molar-refractivity contribution is -0.137. The van der Waals surface area contributed by atoms with Gasteiger partial charge in [-0.2, -0.15) is 18.4 Å². The largest absolute Gasteiger partial charge is 0.493 e. The molecule has 0 aliphatic carbocycles. The number of aromatic nitrogens is 1. The maximum absolute atomic E-state index is 14.4. The number of hydrogen-bond donors (Lipinski definition) is 0. The molecule has 4 aromatic rings. The molecule has 0 fully saturated rings. The molecule has 0 spiro atoms. The van der Waals surface area contributed by atoms with Gasteiger partial charge in [-0.05, 0) is 55.0 Å². The Balaban J connectivity index is 1.92. The second-order valence-electron chi connectivity index (χ2n) is 8.59. The third kappa shape index (κ3) is 5.78. The molecule has 13 heteroatoms. The highest BCUT2D eigenvalue weighted by atomic mass is 32.2. The van der Waals surface area contributed by atoms with Crippen molar-refractivity contribution < 1.29 is 35.1 Å². The van der Waals surface area contributed by atoms with E-state index in [4.69, 9.17) is 4.74 Å². The number of thiophene rings is 1. The Morgan fingerprint density at radius 3 is 2.33 bits per heavy atom. The fraction of sp³-hybridized carbons (Fsp3) is 0.185. The highest BCUT2D eigenvalue weighted by Crippen LogP contribution is 2.39. The molecule has 0 atom stereocenters. The van der Waals surface area contributed by atoms with Gasteiger partial charge in [0.05, 0.1) is 29.3 Å². The second-order valence-corrected chi connectivity index (χ2v) is 11.7. The van der Waals surface area contributed by atoms with Crippen molar-refractivity contribution in [2.24, 2.45) is 0 Å². The molecule has 0 saturated carbocycles. The van der Waals surface area contributed by atoms with E-state index in [1.807, 2.05) is 0 Å². The summed E-state index contributed by atoms with van der Waals surface area (Å²) in [5.74, 6) is -1.76. The van der Waals surface area contributed by atoms with Gasteiger partial charge in [-0.25, -0.2) is 17.2 Å². The molecule has 0 amide bonds. The fourth-order valence-electron chi connectivity index (χ4n) is 4.02. The van der Waals surface area contributed by atoms with Gasteiger partial charge in [0.25, 0.3) is 5.56 Å². The molecule has 0 aliphatic rings. The van der Waals surface area contributed by atoms with E-state index in [1.54, 1.807) is 13.0 Å². The molecule has 4 rings (SSSR count). The number of pyridine rings is 1. The first kappa shape index (κ1) is 29.0. The van der Waals surface area contributed by atoms with Gasteiger partial charge in [0.1, 0.15) is 33.9 Å². The van der Waals surface area contributed by atoms with Gasteiger partial charge in [0.15, 0.2) is 9.84 Å². The number of rotatable bonds is 7. The first-order valence-corrected chi connectivity index (χ1v) is 14.2. The van der Waals surface area contributed by atoms with Gasteiger partial charge in [-0.3, -0.25) is 4.79 Å². The fourth-order valence-corrected chi connectivity index (χ4v) is 5.88. The van der Waals surface area contributed by atoms with Crippen LogP contribution in [0.1, 0.15) is 23.6 Å². The first-order valence-electron chi connectivity index (χ1n) is 11.5. The highest BCUT2D eigenvalue weighted by Gasteiger charge is 2.37. The van der Waals surface area contributed by atoms with Crippen LogP contribution in [-0.2, 0) is 22.6 Å². The van der Waals surface area contributed by atoms with E-state index < -0.39 is 50.9 Å². The number of ether oxygens (including phenoxy) is 1. The maximum atomic E-state index is 14.4. The third-order valence-corrected chi connectivity index (χ3v) is 8.12. The van der Waals surface area contributed by atoms with Gasteiger partial charge < -0.3 is 9.30 Å². The van der Waals surface area contributed by atoms with Crippen LogP contribution in [0.25, 0.3) is 21.0 Å². The number of benzene rings is 2. The average Bonchev–Trinajstić information content (AvgIpc) is 3.35. The summed E-state index contributed by atoms with van der Waals surface area (Å²) in [6.07, 6.45) is -4.03. The molecule has 0 unspecified atom stereocenters. The Morgan fingerprint density at radius 2 is 1.73 bits per heavy atom. The maximum Gasteiger partial charge on any atom is 0.417 e. The molecule has 0 radical (unpaired) electrons. The number of nitriles is 1. The van der Waals surface area contributed by atoms with Crippen molar-refractivity contribution in [2.75, 3.05) is 12.9 Å². The molecule has 0 aliphatic heterocycles. The van der Waals surface area contributed by atoms with Crippen molar-refractivity contribution in [3.8, 4) is 32.8 Å². The van der Waals surface area contributed by atoms with Crippen LogP contribution < -0.4 is 10.3 Å². The van der Waals surface area contributed by atoms with Gasteiger partial charge in [0, 0.05) is 22.8 Å². The van der Waals surface area contributed by atoms with Crippen LogP contribution in [-0.4, -0.2) is 25.8 Å². The van der Waals surface area contributed by atoms with Crippen molar-refractivity contribution in [3.05, 3.63) is 93.3 Å². The van der Waals surface area contributed by atoms with E-state index in [9.17, 15) is 40.4 Å². The summed E-state index contributed by atoms with van der Waals surface area (Å²) in [5.41, 5.74) is -3.95. The minimum absolute atomic E-state index is 0.0803. The Bertz CT molecular complexity index is 1820. The Hall–Kier alpha value is -4.02. The Labute approximate surface area is 229 Å². The first-order chi connectivity index (χ1) is 18.7. The van der Waals surface area contributed by atoms with Gasteiger partial charge in [0.2, 0.25) is 0 Å². The van der Waals surface area contributed by atoms with E-state index in [1.165, 1.54) is 30.3 Å². The molecular weight excluding hydrogens is 575 g/mol. The normalized spacial score (nSPS) is 11.8. The van der Waals surface area contributed by atoms with Crippen LogP contribution >= 0.6 is 11.3 Å². The summed E-state index contributed by atoms with van der Waals surface area (Å²) in [4.78, 5) is 13.7. The number of sulfone groups is 1. The standard InChI is InChI=1S/C27H19F5N2O4S2/c1-3-38-22-7-5-15(10-25(22)40(2,36)37)23-8-9-24(39-23)21-12-19(27(30,31)32)18(13-33)26(35)34(21)14-16-4-6-17(28)11-20(16)29/h4-12H,3,14H2,1-2H3. The SMILES string of the molecule is CCOc1ccc(-c2ccc(-c3cc(C(F)(F)F)c(C#N)c(=O)n3Cc3ccc(F)cc3F)s2)cc1S(C)(=O)=O. The zero-order valence-corrected chi connectivity index (χ0v) is 22.5. The number of hydrogen-bond acceptors (Lipinski definition) is 6. The molecule has 2 aromatic heterocycles. The van der Waals surface area contributed by atoms with Crippen LogP contribution in [0.4, 0.5) is 22.0 Å². The molecule has 6 nitrogen and oxygen atoms in total. The van der Waals surface area contributed by atoms with Crippen molar-refractivity contribution in [1.82, 2.24) is 4.57 Å². The topological polar surface area (TPSA) is 89.2 Å². The quantitative estimate of drug-likeness (QED) is 0.236. The predicted molar refractivity (Wildman–Crippen MR) is 139 cm³/mol. The highest BCUT2D eigenvalue weighted by molar-refractivity contribution is 7.90. The second kappa shape index (κ2) is 10.9. The number of nitrogens with zero attached hydrogens (tertiary/aromatic N) is 2. The predicted octanol–water partition coefficient (Wildman–Crippen LogP) is 6.26. The summed E-state index contributed by atoms with van der Waals surface area (Å²) < 4.78 is 100. The lowest BCUT2D eigenvalue weighted by Crippen LogP contribution is -2.28. The molecule has 40 heavy (non-hydrogen) atoms. The molecule has 2 heterocycles. The van der Waals surface area contributed by atoms with E-state index >= 15 is 0 Å². The van der Waals surface area contributed by atoms with Gasteiger partial charge in [-0.1, -0.05) is 6.07 Å². The summed E-state index contributed by atoms with van der Waals surface area (Å²) in [5, 5.41) is 9.37. The molecule has 0 saturated heterocycles. The van der Waals surface area contributed by atoms with Crippen LogP contribution in [0, 0.1) is 23.0 Å². The number of alkyl halides is 3. The average molecular weight is 595 g/mol. The lowest BCUT2D eigenvalue weighted by atomic mass is 10.1. The molecule has 0 bridgehead atoms. The zero-order chi connectivity index (χ0) is 29.4. The van der Waals surface area contributed by atoms with E-state index in [0.717, 1.165) is 34.3 Å². The van der Waals surface area contributed by atoms with E-state index in [2.05, 4.69) is 0 Å². The smallest absolute Gasteiger partial charge is 0.417 e. The molecular formula is C27H19F5N2O4S2. The molecule has 2 aromatic carbocycles. The van der Waals surface area contributed by atoms with Crippen LogP contribution in [0.5, 0.6) is 5.75 Å². The summed E-state index contributed by atoms with van der Waals surface area (Å²) in [7, 11) is -3.70. The lowest BCUT2D eigenvalue weighted by Gasteiger charge is -2.17. The zero-order valence-electron chi connectivity index (χ0n) is 20.8. The monoisotopic (exact) mass is 594 g/mol. The Kier molecular flexibility index (Phi) is 7.87. The van der Waals surface area contributed by atoms with Crippen molar-refractivity contribution in [3.63, 3.8) is 0 Å². The minimum Gasteiger partial charge on any atom is -0.493 e. The van der Waals surface area contributed by atoms with Gasteiger partial charge in [-0.15, -0.1) is 11.3 Å². The van der Waals surface area contributed by atoms with Crippen molar-refractivity contribution in [1.29, 1.82) is 5.26 Å². The Morgan fingerprint density at radius 1 is 1.02 bits per heavy atom.